The van der Waals surface area contributed by atoms with Gasteiger partial charge in [0.25, 0.3) is 0 Å². The van der Waals surface area contributed by atoms with E-state index in [2.05, 4.69) is 20.9 Å². The van der Waals surface area contributed by atoms with Crippen LogP contribution in [0.5, 0.6) is 0 Å². The van der Waals surface area contributed by atoms with Crippen LogP contribution < -0.4 is 0 Å². The van der Waals surface area contributed by atoms with Crippen LogP contribution in [-0.4, -0.2) is 16.1 Å². The summed E-state index contributed by atoms with van der Waals surface area (Å²) in [7, 11) is 0. The number of halogens is 1. The molecule has 0 aliphatic heterocycles. The second-order valence-electron chi connectivity index (χ2n) is 4.21. The number of nitrogens with zero attached hydrogens (tertiary/aromatic N) is 1. The normalized spacial score (nSPS) is 18.6. The van der Waals surface area contributed by atoms with Gasteiger partial charge in [0.05, 0.1) is 14.4 Å². The second-order valence-corrected chi connectivity index (χ2v) is 7.76. The van der Waals surface area contributed by atoms with E-state index in [1.807, 2.05) is 12.1 Å². The maximum atomic E-state index is 11.2. The minimum Gasteiger partial charge on any atom is -0.481 e. The van der Waals surface area contributed by atoms with E-state index in [-0.39, 0.29) is 0 Å². The molecule has 1 unspecified atom stereocenters. The van der Waals surface area contributed by atoms with E-state index in [0.29, 0.717) is 6.42 Å². The summed E-state index contributed by atoms with van der Waals surface area (Å²) in [6.07, 6.45) is 2.61. The summed E-state index contributed by atoms with van der Waals surface area (Å²) < 4.78 is 1.07. The Bertz CT molecular complexity index is 605. The quantitative estimate of drug-likeness (QED) is 0.891. The standard InChI is InChI=1S/C12H10BrNO2S2/c13-9-5-4-8(17-9)11-14-10-6(12(15)16)2-1-3-7(10)18-11/h4-6H,1-3H2,(H,15,16). The molecule has 0 amide bonds. The maximum Gasteiger partial charge on any atom is 0.312 e. The maximum absolute atomic E-state index is 11.2. The number of thiazole rings is 1. The van der Waals surface area contributed by atoms with Crippen molar-refractivity contribution in [2.75, 3.05) is 0 Å². The van der Waals surface area contributed by atoms with Crippen LogP contribution in [0.15, 0.2) is 15.9 Å². The van der Waals surface area contributed by atoms with E-state index in [0.717, 1.165) is 37.1 Å². The molecule has 1 atom stereocenters. The fourth-order valence-corrected chi connectivity index (χ4v) is 4.80. The predicted octanol–water partition coefficient (Wildman–Crippen LogP) is 4.14. The zero-order chi connectivity index (χ0) is 12.7. The average molecular weight is 344 g/mol. The van der Waals surface area contributed by atoms with Crippen LogP contribution in [0, 0.1) is 0 Å². The minimum atomic E-state index is -0.750. The van der Waals surface area contributed by atoms with Gasteiger partial charge in [-0.05, 0) is 47.3 Å². The monoisotopic (exact) mass is 343 g/mol. The number of fused-ring (bicyclic) bond motifs is 1. The molecule has 3 rings (SSSR count). The number of hydrogen-bond acceptors (Lipinski definition) is 4. The average Bonchev–Trinajstić information content (AvgIpc) is 2.93. The first-order valence-corrected chi connectivity index (χ1v) is 8.06. The number of aliphatic carboxylic acids is 1. The SMILES string of the molecule is O=C(O)C1CCCc2sc(-c3ccc(Br)s3)nc21. The molecular weight excluding hydrogens is 334 g/mol. The Morgan fingerprint density at radius 3 is 2.94 bits per heavy atom. The first-order chi connectivity index (χ1) is 8.65. The fraction of sp³-hybridized carbons (Fsp3) is 0.333. The van der Waals surface area contributed by atoms with E-state index in [9.17, 15) is 9.90 Å². The molecule has 2 aromatic rings. The van der Waals surface area contributed by atoms with Gasteiger partial charge in [0.15, 0.2) is 0 Å². The molecule has 18 heavy (non-hydrogen) atoms. The molecule has 0 saturated carbocycles. The highest BCUT2D eigenvalue weighted by Crippen LogP contribution is 2.40. The number of aryl methyl sites for hydroxylation is 1. The Balaban J connectivity index is 2.03. The van der Waals surface area contributed by atoms with Crippen molar-refractivity contribution in [2.24, 2.45) is 0 Å². The summed E-state index contributed by atoms with van der Waals surface area (Å²) in [5.41, 5.74) is 0.790. The molecule has 1 aliphatic rings. The summed E-state index contributed by atoms with van der Waals surface area (Å²) in [6, 6.07) is 4.02. The molecule has 6 heteroatoms. The van der Waals surface area contributed by atoms with Crippen molar-refractivity contribution in [3.05, 3.63) is 26.5 Å². The molecule has 0 spiro atoms. The van der Waals surface area contributed by atoms with Crippen LogP contribution in [0.1, 0.15) is 29.3 Å². The molecule has 2 heterocycles. The summed E-state index contributed by atoms with van der Waals surface area (Å²) >= 11 is 6.71. The molecule has 0 bridgehead atoms. The molecule has 0 fully saturated rings. The summed E-state index contributed by atoms with van der Waals surface area (Å²) in [5, 5.41) is 10.2. The zero-order valence-electron chi connectivity index (χ0n) is 9.35. The highest BCUT2D eigenvalue weighted by Gasteiger charge is 2.30. The van der Waals surface area contributed by atoms with Crippen LogP contribution in [-0.2, 0) is 11.2 Å². The number of carboxylic acid groups (broad SMARTS) is 1. The van der Waals surface area contributed by atoms with Gasteiger partial charge in [-0.1, -0.05) is 0 Å². The first-order valence-electron chi connectivity index (χ1n) is 5.63. The van der Waals surface area contributed by atoms with Gasteiger partial charge in [0.2, 0.25) is 0 Å². The minimum absolute atomic E-state index is 0.415. The number of carbonyl (C=O) groups is 1. The lowest BCUT2D eigenvalue weighted by atomic mass is 9.91. The fourth-order valence-electron chi connectivity index (χ4n) is 2.19. The lowest BCUT2D eigenvalue weighted by Gasteiger charge is -2.16. The number of hydrogen-bond donors (Lipinski definition) is 1. The van der Waals surface area contributed by atoms with Crippen molar-refractivity contribution in [2.45, 2.75) is 25.2 Å². The number of carboxylic acids is 1. The molecule has 1 aliphatic carbocycles. The van der Waals surface area contributed by atoms with Gasteiger partial charge in [-0.15, -0.1) is 22.7 Å². The van der Waals surface area contributed by atoms with Crippen LogP contribution in [0.25, 0.3) is 9.88 Å². The number of rotatable bonds is 2. The van der Waals surface area contributed by atoms with Crippen LogP contribution in [0.3, 0.4) is 0 Å². The molecule has 94 valence electrons. The Hall–Kier alpha value is -0.720. The third kappa shape index (κ3) is 2.13. The van der Waals surface area contributed by atoms with Crippen LogP contribution in [0.2, 0.25) is 0 Å². The van der Waals surface area contributed by atoms with Crippen molar-refractivity contribution < 1.29 is 9.90 Å². The number of aromatic nitrogens is 1. The van der Waals surface area contributed by atoms with Gasteiger partial charge >= 0.3 is 5.97 Å². The van der Waals surface area contributed by atoms with E-state index < -0.39 is 11.9 Å². The molecule has 0 radical (unpaired) electrons. The Morgan fingerprint density at radius 1 is 1.44 bits per heavy atom. The Kier molecular flexibility index (Phi) is 3.25. The predicted molar refractivity (Wildman–Crippen MR) is 76.4 cm³/mol. The molecule has 3 nitrogen and oxygen atoms in total. The molecular formula is C12H10BrNO2S2. The lowest BCUT2D eigenvalue weighted by Crippen LogP contribution is -2.17. The number of thiophene rings is 1. The van der Waals surface area contributed by atoms with Gasteiger partial charge in [-0.2, -0.15) is 0 Å². The highest BCUT2D eigenvalue weighted by molar-refractivity contribution is 9.11. The van der Waals surface area contributed by atoms with E-state index in [4.69, 9.17) is 0 Å². The third-order valence-electron chi connectivity index (χ3n) is 3.04. The third-order valence-corrected chi connectivity index (χ3v) is 5.96. The lowest BCUT2D eigenvalue weighted by molar-refractivity contribution is -0.139. The first kappa shape index (κ1) is 12.3. The topological polar surface area (TPSA) is 50.2 Å². The van der Waals surface area contributed by atoms with Crippen molar-refractivity contribution in [1.29, 1.82) is 0 Å². The van der Waals surface area contributed by atoms with Gasteiger partial charge in [-0.25, -0.2) is 4.98 Å². The van der Waals surface area contributed by atoms with Crippen molar-refractivity contribution in [1.82, 2.24) is 4.98 Å². The van der Waals surface area contributed by atoms with E-state index in [1.54, 1.807) is 22.7 Å². The Labute approximate surface area is 121 Å². The van der Waals surface area contributed by atoms with Crippen molar-refractivity contribution in [3.63, 3.8) is 0 Å². The van der Waals surface area contributed by atoms with E-state index >= 15 is 0 Å². The molecule has 1 N–H and O–H groups in total. The second kappa shape index (κ2) is 4.75. The van der Waals surface area contributed by atoms with Crippen molar-refractivity contribution in [3.8, 4) is 9.88 Å². The molecule has 2 aromatic heterocycles. The van der Waals surface area contributed by atoms with Gasteiger partial charge in [0, 0.05) is 4.88 Å². The highest BCUT2D eigenvalue weighted by atomic mass is 79.9. The van der Waals surface area contributed by atoms with Gasteiger partial charge in [0.1, 0.15) is 10.9 Å². The Morgan fingerprint density at radius 2 is 2.28 bits per heavy atom. The summed E-state index contributed by atoms with van der Waals surface area (Å²) in [5.74, 6) is -1.16. The summed E-state index contributed by atoms with van der Waals surface area (Å²) in [4.78, 5) is 18.0. The van der Waals surface area contributed by atoms with E-state index in [1.165, 1.54) is 0 Å². The smallest absolute Gasteiger partial charge is 0.312 e. The molecule has 0 saturated heterocycles. The van der Waals surface area contributed by atoms with Crippen LogP contribution >= 0.6 is 38.6 Å². The molecule has 0 aromatic carbocycles. The van der Waals surface area contributed by atoms with Gasteiger partial charge in [-0.3, -0.25) is 4.79 Å². The van der Waals surface area contributed by atoms with Gasteiger partial charge < -0.3 is 5.11 Å². The summed E-state index contributed by atoms with van der Waals surface area (Å²) in [6.45, 7) is 0. The largest absolute Gasteiger partial charge is 0.481 e. The van der Waals surface area contributed by atoms with Crippen molar-refractivity contribution >= 4 is 44.6 Å². The zero-order valence-corrected chi connectivity index (χ0v) is 12.6. The van der Waals surface area contributed by atoms with Crippen LogP contribution in [0.4, 0.5) is 0 Å².